The standard InChI is InChI=1S/C7H13O2/c1-4-7(5-8)9-6(2)3/h6-7H,4H2,1-3H3. The van der Waals surface area contributed by atoms with E-state index in [4.69, 9.17) is 4.74 Å². The molecule has 0 aromatic rings. The normalized spacial score (nSPS) is 13.8. The maximum absolute atomic E-state index is 10.0. The van der Waals surface area contributed by atoms with Gasteiger partial charge in [-0.05, 0) is 20.3 Å². The molecule has 0 heterocycles. The molecule has 1 unspecified atom stereocenters. The molecule has 0 spiro atoms. The Labute approximate surface area is 56.2 Å². The van der Waals surface area contributed by atoms with Gasteiger partial charge in [-0.15, -0.1) is 0 Å². The third kappa shape index (κ3) is 4.15. The zero-order chi connectivity index (χ0) is 7.28. The summed E-state index contributed by atoms with van der Waals surface area (Å²) in [5.74, 6) is 0. The highest BCUT2D eigenvalue weighted by Gasteiger charge is 2.06. The van der Waals surface area contributed by atoms with E-state index in [1.807, 2.05) is 27.1 Å². The Morgan fingerprint density at radius 1 is 1.56 bits per heavy atom. The van der Waals surface area contributed by atoms with E-state index in [9.17, 15) is 4.79 Å². The zero-order valence-electron chi connectivity index (χ0n) is 6.18. The smallest absolute Gasteiger partial charge is 0.229 e. The molecule has 0 saturated carbocycles. The highest BCUT2D eigenvalue weighted by Crippen LogP contribution is 1.98. The monoisotopic (exact) mass is 129 g/mol. The molecule has 1 atom stereocenters. The third-order valence-electron chi connectivity index (χ3n) is 0.939. The first-order valence-electron chi connectivity index (χ1n) is 3.23. The second-order valence-corrected chi connectivity index (χ2v) is 2.20. The van der Waals surface area contributed by atoms with Crippen molar-refractivity contribution in [2.75, 3.05) is 0 Å². The molecule has 2 heteroatoms. The Balaban J connectivity index is 3.42. The van der Waals surface area contributed by atoms with E-state index in [-0.39, 0.29) is 12.2 Å². The van der Waals surface area contributed by atoms with Gasteiger partial charge in [0.05, 0.1) is 6.10 Å². The summed E-state index contributed by atoms with van der Waals surface area (Å²) >= 11 is 0. The van der Waals surface area contributed by atoms with Gasteiger partial charge in [-0.3, -0.25) is 4.79 Å². The molecule has 0 aromatic carbocycles. The number of rotatable bonds is 4. The summed E-state index contributed by atoms with van der Waals surface area (Å²) in [6.45, 7) is 5.71. The summed E-state index contributed by atoms with van der Waals surface area (Å²) in [5.41, 5.74) is 0. The molecule has 0 rings (SSSR count). The van der Waals surface area contributed by atoms with Gasteiger partial charge in [0, 0.05) is 0 Å². The van der Waals surface area contributed by atoms with Crippen molar-refractivity contribution in [3.8, 4) is 0 Å². The molecule has 0 aliphatic heterocycles. The molecular weight excluding hydrogens is 116 g/mol. The van der Waals surface area contributed by atoms with E-state index in [2.05, 4.69) is 0 Å². The minimum absolute atomic E-state index is 0.122. The molecule has 0 amide bonds. The topological polar surface area (TPSA) is 26.3 Å². The van der Waals surface area contributed by atoms with Crippen LogP contribution >= 0.6 is 0 Å². The largest absolute Gasteiger partial charge is 0.367 e. The van der Waals surface area contributed by atoms with Crippen molar-refractivity contribution >= 4 is 6.29 Å². The summed E-state index contributed by atoms with van der Waals surface area (Å²) in [5, 5.41) is 0. The molecule has 2 nitrogen and oxygen atoms in total. The van der Waals surface area contributed by atoms with E-state index in [1.54, 1.807) is 0 Å². The Morgan fingerprint density at radius 2 is 2.11 bits per heavy atom. The quantitative estimate of drug-likeness (QED) is 0.572. The molecule has 0 bridgehead atoms. The second kappa shape index (κ2) is 4.50. The molecule has 0 aliphatic rings. The predicted molar refractivity (Wildman–Crippen MR) is 36.0 cm³/mol. The Hall–Kier alpha value is -0.370. The van der Waals surface area contributed by atoms with E-state index < -0.39 is 0 Å². The summed E-state index contributed by atoms with van der Waals surface area (Å²) in [4.78, 5) is 10.0. The molecule has 0 aromatic heterocycles. The van der Waals surface area contributed by atoms with E-state index >= 15 is 0 Å². The lowest BCUT2D eigenvalue weighted by Gasteiger charge is -2.10. The van der Waals surface area contributed by atoms with Crippen molar-refractivity contribution < 1.29 is 9.53 Å². The molecule has 0 saturated heterocycles. The third-order valence-corrected chi connectivity index (χ3v) is 0.939. The first-order valence-corrected chi connectivity index (χ1v) is 3.23. The van der Waals surface area contributed by atoms with Gasteiger partial charge in [-0.1, -0.05) is 6.92 Å². The maximum Gasteiger partial charge on any atom is 0.229 e. The van der Waals surface area contributed by atoms with Gasteiger partial charge in [0.2, 0.25) is 6.29 Å². The van der Waals surface area contributed by atoms with Crippen LogP contribution in [0.15, 0.2) is 0 Å². The van der Waals surface area contributed by atoms with Gasteiger partial charge in [0.25, 0.3) is 0 Å². The first kappa shape index (κ1) is 8.63. The van der Waals surface area contributed by atoms with Crippen LogP contribution in [-0.4, -0.2) is 18.5 Å². The summed E-state index contributed by atoms with van der Waals surface area (Å²) in [6.07, 6.45) is 2.31. The average Bonchev–Trinajstić information content (AvgIpc) is 1.82. The van der Waals surface area contributed by atoms with Crippen LogP contribution in [0.2, 0.25) is 0 Å². The molecule has 9 heavy (non-hydrogen) atoms. The molecule has 0 fully saturated rings. The van der Waals surface area contributed by atoms with Gasteiger partial charge in [-0.2, -0.15) is 0 Å². The molecule has 1 radical (unpaired) electrons. The second-order valence-electron chi connectivity index (χ2n) is 2.20. The van der Waals surface area contributed by atoms with Crippen LogP contribution in [0, 0.1) is 0 Å². The van der Waals surface area contributed by atoms with Crippen molar-refractivity contribution in [1.82, 2.24) is 0 Å². The van der Waals surface area contributed by atoms with Gasteiger partial charge < -0.3 is 4.74 Å². The minimum Gasteiger partial charge on any atom is -0.367 e. The van der Waals surface area contributed by atoms with Gasteiger partial charge in [0.1, 0.15) is 6.10 Å². The fourth-order valence-electron chi connectivity index (χ4n) is 0.536. The molecule has 0 N–H and O–H groups in total. The Bertz CT molecular complexity index is 79.0. The Morgan fingerprint density at radius 3 is 2.22 bits per heavy atom. The highest BCUT2D eigenvalue weighted by molar-refractivity contribution is 5.56. The van der Waals surface area contributed by atoms with Crippen molar-refractivity contribution in [2.24, 2.45) is 0 Å². The SMILES string of the molecule is CCC([C]=O)OC(C)C. The molecule has 53 valence electrons. The molecular formula is C7H13O2. The number of hydrogen-bond acceptors (Lipinski definition) is 2. The van der Waals surface area contributed by atoms with Gasteiger partial charge in [0.15, 0.2) is 0 Å². The number of ether oxygens (including phenoxy) is 1. The van der Waals surface area contributed by atoms with Crippen molar-refractivity contribution in [2.45, 2.75) is 39.4 Å². The van der Waals surface area contributed by atoms with E-state index in [0.717, 1.165) is 0 Å². The van der Waals surface area contributed by atoms with Crippen LogP contribution in [0.25, 0.3) is 0 Å². The lowest BCUT2D eigenvalue weighted by Crippen LogP contribution is -2.17. The van der Waals surface area contributed by atoms with Crippen LogP contribution in [0.4, 0.5) is 0 Å². The number of carbonyl (C=O) groups excluding carboxylic acids is 1. The van der Waals surface area contributed by atoms with Crippen LogP contribution < -0.4 is 0 Å². The first-order chi connectivity index (χ1) is 4.20. The van der Waals surface area contributed by atoms with Crippen molar-refractivity contribution in [1.29, 1.82) is 0 Å². The summed E-state index contributed by atoms with van der Waals surface area (Å²) in [6, 6.07) is 0. The zero-order valence-corrected chi connectivity index (χ0v) is 6.18. The number of hydrogen-bond donors (Lipinski definition) is 0. The van der Waals surface area contributed by atoms with Crippen LogP contribution in [0.5, 0.6) is 0 Å². The van der Waals surface area contributed by atoms with Gasteiger partial charge in [-0.25, -0.2) is 0 Å². The highest BCUT2D eigenvalue weighted by atomic mass is 16.5. The summed E-state index contributed by atoms with van der Waals surface area (Å²) < 4.78 is 5.12. The maximum atomic E-state index is 10.0. The van der Waals surface area contributed by atoms with Crippen LogP contribution in [0.1, 0.15) is 27.2 Å². The fourth-order valence-corrected chi connectivity index (χ4v) is 0.536. The lowest BCUT2D eigenvalue weighted by molar-refractivity contribution is 0.0433. The van der Waals surface area contributed by atoms with Gasteiger partial charge >= 0.3 is 0 Å². The Kier molecular flexibility index (Phi) is 4.32. The van der Waals surface area contributed by atoms with E-state index in [1.165, 1.54) is 0 Å². The van der Waals surface area contributed by atoms with Crippen molar-refractivity contribution in [3.63, 3.8) is 0 Å². The average molecular weight is 129 g/mol. The van der Waals surface area contributed by atoms with Crippen molar-refractivity contribution in [3.05, 3.63) is 0 Å². The van der Waals surface area contributed by atoms with E-state index in [0.29, 0.717) is 6.42 Å². The lowest BCUT2D eigenvalue weighted by atomic mass is 10.3. The predicted octanol–water partition coefficient (Wildman–Crippen LogP) is 1.30. The van der Waals surface area contributed by atoms with Crippen LogP contribution in [0.3, 0.4) is 0 Å². The minimum atomic E-state index is -0.329. The molecule has 0 aliphatic carbocycles. The fraction of sp³-hybridized carbons (Fsp3) is 0.857. The summed E-state index contributed by atoms with van der Waals surface area (Å²) in [7, 11) is 0. The van der Waals surface area contributed by atoms with Crippen LogP contribution in [-0.2, 0) is 9.53 Å².